The van der Waals surface area contributed by atoms with Crippen molar-refractivity contribution >= 4 is 22.0 Å². The van der Waals surface area contributed by atoms with Crippen LogP contribution in [0.15, 0.2) is 33.7 Å². The standard InChI is InChI=1S/C18H20N2O7S/c1-11-16(12(2)27-19-11)28(23,24)20-10-4-5-15(20)18(22)26-14-8-6-13(7-9-14)17(21)25-3/h6-9,15H,4-5,10H2,1-3H3/t15-/m0/s1. The van der Waals surface area contributed by atoms with Gasteiger partial charge in [0.05, 0.1) is 12.7 Å². The second-order valence-corrected chi connectivity index (χ2v) is 8.19. The number of hydrogen-bond acceptors (Lipinski definition) is 8. The van der Waals surface area contributed by atoms with E-state index in [4.69, 9.17) is 9.26 Å². The van der Waals surface area contributed by atoms with Crippen molar-refractivity contribution in [3.63, 3.8) is 0 Å². The van der Waals surface area contributed by atoms with Crippen molar-refractivity contribution in [3.8, 4) is 5.75 Å². The maximum Gasteiger partial charge on any atom is 0.337 e. The molecule has 28 heavy (non-hydrogen) atoms. The van der Waals surface area contributed by atoms with E-state index in [1.54, 1.807) is 0 Å². The molecular formula is C18H20N2O7S. The van der Waals surface area contributed by atoms with Gasteiger partial charge in [0.25, 0.3) is 0 Å². The third kappa shape index (κ3) is 3.65. The number of carbonyl (C=O) groups is 2. The lowest BCUT2D eigenvalue weighted by atomic mass is 10.2. The lowest BCUT2D eigenvalue weighted by molar-refractivity contribution is -0.137. The molecule has 2 heterocycles. The first kappa shape index (κ1) is 20.0. The second-order valence-electron chi connectivity index (χ2n) is 6.36. The van der Waals surface area contributed by atoms with Gasteiger partial charge < -0.3 is 14.0 Å². The van der Waals surface area contributed by atoms with Gasteiger partial charge in [-0.15, -0.1) is 0 Å². The zero-order chi connectivity index (χ0) is 20.5. The number of benzene rings is 1. The third-order valence-electron chi connectivity index (χ3n) is 4.50. The maximum atomic E-state index is 13.0. The van der Waals surface area contributed by atoms with Crippen LogP contribution < -0.4 is 4.74 Å². The first-order valence-electron chi connectivity index (χ1n) is 8.60. The van der Waals surface area contributed by atoms with Crippen LogP contribution in [0.4, 0.5) is 0 Å². The SMILES string of the molecule is COC(=O)c1ccc(OC(=O)[C@@H]2CCCN2S(=O)(=O)c2c(C)noc2C)cc1. The molecule has 0 N–H and O–H groups in total. The van der Waals surface area contributed by atoms with Crippen LogP contribution in [-0.4, -0.2) is 49.5 Å². The van der Waals surface area contributed by atoms with E-state index in [9.17, 15) is 18.0 Å². The summed E-state index contributed by atoms with van der Waals surface area (Å²) in [5, 5.41) is 3.69. The van der Waals surface area contributed by atoms with Crippen molar-refractivity contribution < 1.29 is 32.0 Å². The number of rotatable bonds is 5. The molecular weight excluding hydrogens is 388 g/mol. The van der Waals surface area contributed by atoms with E-state index in [2.05, 4.69) is 9.89 Å². The molecule has 0 saturated carbocycles. The van der Waals surface area contributed by atoms with Crippen LogP contribution in [0.2, 0.25) is 0 Å². The fourth-order valence-corrected chi connectivity index (χ4v) is 5.13. The normalized spacial score (nSPS) is 17.5. The number of nitrogens with zero attached hydrogens (tertiary/aromatic N) is 2. The average Bonchev–Trinajstić information content (AvgIpc) is 3.29. The number of sulfonamides is 1. The molecule has 0 unspecified atom stereocenters. The Morgan fingerprint density at radius 3 is 2.46 bits per heavy atom. The minimum Gasteiger partial charge on any atom is -0.465 e. The fraction of sp³-hybridized carbons (Fsp3) is 0.389. The summed E-state index contributed by atoms with van der Waals surface area (Å²) in [6.07, 6.45) is 0.880. The summed E-state index contributed by atoms with van der Waals surface area (Å²) in [7, 11) is -2.68. The number of esters is 2. The lowest BCUT2D eigenvalue weighted by Crippen LogP contribution is -2.42. The minimum atomic E-state index is -3.95. The van der Waals surface area contributed by atoms with Crippen molar-refractivity contribution in [2.45, 2.75) is 37.6 Å². The van der Waals surface area contributed by atoms with Crippen molar-refractivity contribution in [2.75, 3.05) is 13.7 Å². The zero-order valence-corrected chi connectivity index (χ0v) is 16.5. The van der Waals surface area contributed by atoms with Crippen molar-refractivity contribution in [3.05, 3.63) is 41.3 Å². The largest absolute Gasteiger partial charge is 0.465 e. The van der Waals surface area contributed by atoms with Crippen LogP contribution in [0, 0.1) is 13.8 Å². The summed E-state index contributed by atoms with van der Waals surface area (Å²) in [5.74, 6) is -0.807. The predicted molar refractivity (Wildman–Crippen MR) is 96.3 cm³/mol. The highest BCUT2D eigenvalue weighted by Crippen LogP contribution is 2.30. The Labute approximate surface area is 162 Å². The number of aryl methyl sites for hydroxylation is 2. The van der Waals surface area contributed by atoms with Crippen LogP contribution in [0.25, 0.3) is 0 Å². The van der Waals surface area contributed by atoms with Crippen LogP contribution in [0.3, 0.4) is 0 Å². The molecule has 1 aromatic heterocycles. The monoisotopic (exact) mass is 408 g/mol. The van der Waals surface area contributed by atoms with Crippen molar-refractivity contribution in [1.82, 2.24) is 9.46 Å². The van der Waals surface area contributed by atoms with E-state index in [-0.39, 0.29) is 28.6 Å². The molecule has 1 fully saturated rings. The Hall–Kier alpha value is -2.72. The molecule has 0 bridgehead atoms. The molecule has 150 valence electrons. The van der Waals surface area contributed by atoms with Crippen LogP contribution in [0.1, 0.15) is 34.7 Å². The molecule has 0 spiro atoms. The molecule has 3 rings (SSSR count). The zero-order valence-electron chi connectivity index (χ0n) is 15.7. The van der Waals surface area contributed by atoms with Gasteiger partial charge in [-0.25, -0.2) is 18.0 Å². The molecule has 1 aromatic carbocycles. The van der Waals surface area contributed by atoms with Crippen molar-refractivity contribution in [2.24, 2.45) is 0 Å². The molecule has 9 nitrogen and oxygen atoms in total. The number of aromatic nitrogens is 1. The van der Waals surface area contributed by atoms with Gasteiger partial charge in [-0.05, 0) is 51.0 Å². The van der Waals surface area contributed by atoms with E-state index in [0.29, 0.717) is 18.4 Å². The first-order valence-corrected chi connectivity index (χ1v) is 10.0. The predicted octanol–water partition coefficient (Wildman–Crippen LogP) is 1.84. The Morgan fingerprint density at radius 2 is 1.89 bits per heavy atom. The van der Waals surface area contributed by atoms with Gasteiger partial charge in [0, 0.05) is 6.54 Å². The van der Waals surface area contributed by atoms with Gasteiger partial charge in [0.1, 0.15) is 22.4 Å². The van der Waals surface area contributed by atoms with Crippen LogP contribution >= 0.6 is 0 Å². The summed E-state index contributed by atoms with van der Waals surface area (Å²) in [5.41, 5.74) is 0.556. The second kappa shape index (κ2) is 7.72. The topological polar surface area (TPSA) is 116 Å². The molecule has 1 saturated heterocycles. The molecule has 1 aliphatic rings. The van der Waals surface area contributed by atoms with Gasteiger partial charge in [0.2, 0.25) is 10.0 Å². The summed E-state index contributed by atoms with van der Waals surface area (Å²) in [6, 6.07) is 4.88. The Kier molecular flexibility index (Phi) is 5.52. The quantitative estimate of drug-likeness (QED) is 0.543. The number of ether oxygens (including phenoxy) is 2. The van der Waals surface area contributed by atoms with Crippen molar-refractivity contribution in [1.29, 1.82) is 0 Å². The number of methoxy groups -OCH3 is 1. The summed E-state index contributed by atoms with van der Waals surface area (Å²) in [6.45, 7) is 3.25. The molecule has 1 atom stereocenters. The smallest absolute Gasteiger partial charge is 0.337 e. The summed E-state index contributed by atoms with van der Waals surface area (Å²) < 4.78 is 42.1. The molecule has 0 aliphatic carbocycles. The molecule has 2 aromatic rings. The Bertz CT molecular complexity index is 976. The van der Waals surface area contributed by atoms with Gasteiger partial charge in [-0.2, -0.15) is 4.31 Å². The van der Waals surface area contributed by atoms with Gasteiger partial charge >= 0.3 is 11.9 Å². The number of carbonyl (C=O) groups excluding carboxylic acids is 2. The maximum absolute atomic E-state index is 13.0. The summed E-state index contributed by atoms with van der Waals surface area (Å²) in [4.78, 5) is 24.1. The summed E-state index contributed by atoms with van der Waals surface area (Å²) >= 11 is 0. The number of hydrogen-bond donors (Lipinski definition) is 0. The Balaban J connectivity index is 1.79. The highest BCUT2D eigenvalue weighted by molar-refractivity contribution is 7.89. The van der Waals surface area contributed by atoms with Gasteiger partial charge in [-0.3, -0.25) is 0 Å². The van der Waals surface area contributed by atoms with Gasteiger partial charge in [-0.1, -0.05) is 5.16 Å². The third-order valence-corrected chi connectivity index (χ3v) is 6.66. The minimum absolute atomic E-state index is 0.0189. The molecule has 1 aliphatic heterocycles. The van der Waals surface area contributed by atoms with Crippen LogP contribution in [-0.2, 0) is 19.6 Å². The molecule has 0 radical (unpaired) electrons. The van der Waals surface area contributed by atoms with E-state index in [1.165, 1.54) is 45.2 Å². The lowest BCUT2D eigenvalue weighted by Gasteiger charge is -2.22. The Morgan fingerprint density at radius 1 is 1.21 bits per heavy atom. The van der Waals surface area contributed by atoms with Gasteiger partial charge in [0.15, 0.2) is 5.76 Å². The first-order chi connectivity index (χ1) is 13.3. The van der Waals surface area contributed by atoms with E-state index in [1.807, 2.05) is 0 Å². The fourth-order valence-electron chi connectivity index (χ4n) is 3.18. The highest BCUT2D eigenvalue weighted by Gasteiger charge is 2.42. The average molecular weight is 408 g/mol. The van der Waals surface area contributed by atoms with E-state index >= 15 is 0 Å². The van der Waals surface area contributed by atoms with E-state index < -0.39 is 28.0 Å². The molecule has 10 heteroatoms. The molecule has 0 amide bonds. The highest BCUT2D eigenvalue weighted by atomic mass is 32.2. The van der Waals surface area contributed by atoms with Crippen LogP contribution in [0.5, 0.6) is 5.75 Å². The van der Waals surface area contributed by atoms with E-state index in [0.717, 1.165) is 4.31 Å².